The molecule has 13 heavy (non-hydrogen) atoms. The largest absolute Gasteiger partial charge is 0.297 e. The molecule has 0 amide bonds. The summed E-state index contributed by atoms with van der Waals surface area (Å²) >= 11 is 0. The fraction of sp³-hybridized carbons (Fsp3) is 0.222. The summed E-state index contributed by atoms with van der Waals surface area (Å²) in [5, 5.41) is 0. The SMILES string of the molecule is CC[CH]OS(=O)(=O)c1ccccc1. The van der Waals surface area contributed by atoms with E-state index in [1.165, 1.54) is 18.7 Å². The molecule has 0 heterocycles. The molecule has 3 nitrogen and oxygen atoms in total. The standard InChI is InChI=1S/C9H11O3S/c1-2-8-12-13(10,11)9-6-4-3-5-7-9/h3-8H,2H2,1H3. The first-order valence-corrected chi connectivity index (χ1v) is 5.37. The molecule has 0 N–H and O–H groups in total. The van der Waals surface area contributed by atoms with Crippen molar-refractivity contribution in [3.8, 4) is 0 Å². The molecule has 0 atom stereocenters. The molecule has 1 aromatic rings. The van der Waals surface area contributed by atoms with Gasteiger partial charge in [0, 0.05) is 0 Å². The first-order valence-electron chi connectivity index (χ1n) is 3.97. The van der Waals surface area contributed by atoms with Crippen molar-refractivity contribution in [1.29, 1.82) is 0 Å². The van der Waals surface area contributed by atoms with E-state index in [-0.39, 0.29) is 4.90 Å². The summed E-state index contributed by atoms with van der Waals surface area (Å²) < 4.78 is 27.3. The van der Waals surface area contributed by atoms with Crippen LogP contribution in [0.25, 0.3) is 0 Å². The van der Waals surface area contributed by atoms with Crippen molar-refractivity contribution in [2.45, 2.75) is 18.2 Å². The van der Waals surface area contributed by atoms with Gasteiger partial charge in [-0.15, -0.1) is 0 Å². The van der Waals surface area contributed by atoms with E-state index in [9.17, 15) is 8.42 Å². The van der Waals surface area contributed by atoms with Crippen LogP contribution in [-0.2, 0) is 14.3 Å². The molecular formula is C9H11O3S. The van der Waals surface area contributed by atoms with Crippen LogP contribution in [0.4, 0.5) is 0 Å². The Balaban J connectivity index is 2.83. The molecule has 0 aliphatic carbocycles. The van der Waals surface area contributed by atoms with Gasteiger partial charge in [0.2, 0.25) is 0 Å². The molecule has 0 fully saturated rings. The van der Waals surface area contributed by atoms with Crippen molar-refractivity contribution in [3.05, 3.63) is 36.9 Å². The Hall–Kier alpha value is -0.870. The average molecular weight is 199 g/mol. The zero-order chi connectivity index (χ0) is 9.73. The molecule has 0 aliphatic heterocycles. The summed E-state index contributed by atoms with van der Waals surface area (Å²) in [4.78, 5) is 0.180. The quantitative estimate of drug-likeness (QED) is 0.696. The summed E-state index contributed by atoms with van der Waals surface area (Å²) in [5.74, 6) is 0. The van der Waals surface area contributed by atoms with Gasteiger partial charge in [0.1, 0.15) is 6.61 Å². The highest BCUT2D eigenvalue weighted by molar-refractivity contribution is 7.86. The minimum Gasteiger partial charge on any atom is -0.260 e. The predicted octanol–water partition coefficient (Wildman–Crippen LogP) is 1.96. The molecule has 0 aliphatic rings. The van der Waals surface area contributed by atoms with Gasteiger partial charge in [0.15, 0.2) is 0 Å². The van der Waals surface area contributed by atoms with E-state index in [0.29, 0.717) is 6.42 Å². The van der Waals surface area contributed by atoms with Gasteiger partial charge in [-0.2, -0.15) is 8.42 Å². The first kappa shape index (κ1) is 10.2. The van der Waals surface area contributed by atoms with Gasteiger partial charge in [-0.3, -0.25) is 4.18 Å². The fourth-order valence-corrected chi connectivity index (χ4v) is 1.72. The predicted molar refractivity (Wildman–Crippen MR) is 49.3 cm³/mol. The smallest absolute Gasteiger partial charge is 0.260 e. The Kier molecular flexibility index (Phi) is 3.45. The number of hydrogen-bond donors (Lipinski definition) is 0. The fourth-order valence-electron chi connectivity index (χ4n) is 0.800. The zero-order valence-corrected chi connectivity index (χ0v) is 8.12. The van der Waals surface area contributed by atoms with Crippen LogP contribution >= 0.6 is 0 Å². The highest BCUT2D eigenvalue weighted by Gasteiger charge is 2.13. The third-order valence-electron chi connectivity index (χ3n) is 1.39. The number of rotatable bonds is 4. The van der Waals surface area contributed by atoms with Crippen LogP contribution in [0.5, 0.6) is 0 Å². The number of hydrogen-bond acceptors (Lipinski definition) is 3. The maximum absolute atomic E-state index is 11.3. The Bertz CT molecular complexity index is 342. The zero-order valence-electron chi connectivity index (χ0n) is 7.30. The van der Waals surface area contributed by atoms with E-state index in [1.807, 2.05) is 0 Å². The van der Waals surface area contributed by atoms with Crippen LogP contribution < -0.4 is 0 Å². The highest BCUT2D eigenvalue weighted by atomic mass is 32.2. The van der Waals surface area contributed by atoms with Crippen molar-refractivity contribution >= 4 is 10.1 Å². The van der Waals surface area contributed by atoms with Gasteiger partial charge in [-0.1, -0.05) is 25.1 Å². The topological polar surface area (TPSA) is 43.4 Å². The summed E-state index contributed by atoms with van der Waals surface area (Å²) in [6.45, 7) is 3.07. The van der Waals surface area contributed by atoms with Crippen LogP contribution in [0.2, 0.25) is 0 Å². The summed E-state index contributed by atoms with van der Waals surface area (Å²) in [7, 11) is -3.58. The number of benzene rings is 1. The van der Waals surface area contributed by atoms with Gasteiger partial charge in [-0.25, -0.2) is 0 Å². The molecule has 1 radical (unpaired) electrons. The third kappa shape index (κ3) is 2.82. The monoisotopic (exact) mass is 199 g/mol. The van der Waals surface area contributed by atoms with Crippen LogP contribution in [0.15, 0.2) is 35.2 Å². The minimum atomic E-state index is -3.58. The van der Waals surface area contributed by atoms with Gasteiger partial charge >= 0.3 is 0 Å². The van der Waals surface area contributed by atoms with E-state index >= 15 is 0 Å². The molecule has 0 spiro atoms. The van der Waals surface area contributed by atoms with Gasteiger partial charge in [0.05, 0.1) is 4.90 Å². The lowest BCUT2D eigenvalue weighted by atomic mass is 10.4. The molecule has 71 valence electrons. The Morgan fingerprint density at radius 3 is 2.46 bits per heavy atom. The second-order valence-electron chi connectivity index (χ2n) is 2.44. The second-order valence-corrected chi connectivity index (χ2v) is 4.01. The molecular weight excluding hydrogens is 188 g/mol. The maximum Gasteiger partial charge on any atom is 0.297 e. The Labute approximate surface area is 78.5 Å². The molecule has 0 aromatic heterocycles. The van der Waals surface area contributed by atoms with E-state index in [0.717, 1.165) is 0 Å². The van der Waals surface area contributed by atoms with Crippen LogP contribution in [-0.4, -0.2) is 8.42 Å². The molecule has 0 unspecified atom stereocenters. The van der Waals surface area contributed by atoms with E-state index in [2.05, 4.69) is 4.18 Å². The van der Waals surface area contributed by atoms with E-state index < -0.39 is 10.1 Å². The summed E-state index contributed by atoms with van der Waals surface area (Å²) in [5.41, 5.74) is 0. The minimum absolute atomic E-state index is 0.180. The van der Waals surface area contributed by atoms with Crippen molar-refractivity contribution in [2.75, 3.05) is 0 Å². The van der Waals surface area contributed by atoms with E-state index in [1.54, 1.807) is 25.1 Å². The van der Waals surface area contributed by atoms with Gasteiger partial charge in [-0.05, 0) is 18.6 Å². The van der Waals surface area contributed by atoms with Gasteiger partial charge < -0.3 is 0 Å². The molecule has 4 heteroatoms. The maximum atomic E-state index is 11.3. The van der Waals surface area contributed by atoms with Crippen molar-refractivity contribution in [3.63, 3.8) is 0 Å². The Morgan fingerprint density at radius 1 is 1.31 bits per heavy atom. The third-order valence-corrected chi connectivity index (χ3v) is 2.63. The normalized spacial score (nSPS) is 11.5. The van der Waals surface area contributed by atoms with Crippen LogP contribution in [0.1, 0.15) is 13.3 Å². The lowest BCUT2D eigenvalue weighted by Gasteiger charge is -2.02. The summed E-state index contributed by atoms with van der Waals surface area (Å²) in [6, 6.07) is 8.06. The summed E-state index contributed by atoms with van der Waals surface area (Å²) in [6.07, 6.45) is 0.562. The molecule has 1 aromatic carbocycles. The molecule has 0 saturated carbocycles. The molecule has 0 saturated heterocycles. The van der Waals surface area contributed by atoms with Gasteiger partial charge in [0.25, 0.3) is 10.1 Å². The first-order chi connectivity index (χ1) is 6.17. The molecule has 0 bridgehead atoms. The lowest BCUT2D eigenvalue weighted by Crippen LogP contribution is -2.03. The lowest BCUT2D eigenvalue weighted by molar-refractivity contribution is 0.385. The van der Waals surface area contributed by atoms with Crippen molar-refractivity contribution in [1.82, 2.24) is 0 Å². The average Bonchev–Trinajstić information content (AvgIpc) is 2.16. The Morgan fingerprint density at radius 2 is 1.92 bits per heavy atom. The highest BCUT2D eigenvalue weighted by Crippen LogP contribution is 2.12. The van der Waals surface area contributed by atoms with Crippen molar-refractivity contribution < 1.29 is 12.6 Å². The second kappa shape index (κ2) is 4.39. The van der Waals surface area contributed by atoms with Crippen molar-refractivity contribution in [2.24, 2.45) is 0 Å². The van der Waals surface area contributed by atoms with E-state index in [4.69, 9.17) is 0 Å². The molecule has 1 rings (SSSR count). The van der Waals surface area contributed by atoms with Crippen LogP contribution in [0.3, 0.4) is 0 Å². The van der Waals surface area contributed by atoms with Crippen LogP contribution in [0, 0.1) is 6.61 Å².